The summed E-state index contributed by atoms with van der Waals surface area (Å²) in [6.07, 6.45) is 5.28. The second kappa shape index (κ2) is 2.68. The highest BCUT2D eigenvalue weighted by Gasteiger charge is 2.18. The van der Waals surface area contributed by atoms with Gasteiger partial charge in [0, 0.05) is 6.20 Å². The topological polar surface area (TPSA) is 12.0 Å². The van der Waals surface area contributed by atoms with E-state index in [-0.39, 0.29) is 0 Å². The first kappa shape index (κ1) is 7.69. The van der Waals surface area contributed by atoms with E-state index in [0.717, 1.165) is 0 Å². The zero-order chi connectivity index (χ0) is 6.91. The smallest absolute Gasteiger partial charge is 0.136 e. The molecule has 0 aliphatic carbocycles. The molecule has 0 aromatic rings. The fourth-order valence-electron chi connectivity index (χ4n) is 0.491. The van der Waals surface area contributed by atoms with Crippen LogP contribution in [0.2, 0.25) is 0 Å². The van der Waals surface area contributed by atoms with Crippen LogP contribution in [-0.4, -0.2) is 2.88 Å². The number of rotatable bonds is 0. The van der Waals surface area contributed by atoms with Gasteiger partial charge in [-0.15, -0.1) is 0 Å². The van der Waals surface area contributed by atoms with Crippen molar-refractivity contribution in [1.82, 2.24) is 5.32 Å². The van der Waals surface area contributed by atoms with Crippen molar-refractivity contribution in [3.63, 3.8) is 0 Å². The maximum absolute atomic E-state index is 5.87. The average Bonchev–Trinajstić information content (AvgIpc) is 1.60. The first-order valence-electron chi connectivity index (χ1n) is 2.30. The first-order chi connectivity index (χ1) is 4.10. The molecule has 1 N–H and O–H groups in total. The molecule has 0 amide bonds. The molecule has 50 valence electrons. The Hall–Kier alpha value is 0.590. The zero-order valence-electron chi connectivity index (χ0n) is 4.37. The van der Waals surface area contributed by atoms with Crippen molar-refractivity contribution >= 4 is 45.8 Å². The molecule has 0 aromatic heterocycles. The summed E-state index contributed by atoms with van der Waals surface area (Å²) in [7, 11) is 0. The number of nitrogens with one attached hydrogen (secondary N) is 1. The summed E-state index contributed by atoms with van der Waals surface area (Å²) < 4.78 is -0.444. The van der Waals surface area contributed by atoms with E-state index in [9.17, 15) is 0 Å². The molecule has 1 aliphatic rings. The molecule has 1 nitrogen and oxygen atoms in total. The Morgan fingerprint density at radius 1 is 1.67 bits per heavy atom. The minimum Gasteiger partial charge on any atom is -0.353 e. The second-order valence-electron chi connectivity index (χ2n) is 1.64. The van der Waals surface area contributed by atoms with E-state index in [1.165, 1.54) is 0 Å². The SMILES string of the molecule is ClC1=CC(Cl)(I)C=CN1. The molecular weight excluding hydrogens is 272 g/mol. The summed E-state index contributed by atoms with van der Waals surface area (Å²) in [5.74, 6) is 0. The maximum Gasteiger partial charge on any atom is 0.136 e. The molecule has 4 heteroatoms. The number of allylic oxidation sites excluding steroid dienone is 2. The molecule has 0 saturated heterocycles. The Morgan fingerprint density at radius 2 is 2.33 bits per heavy atom. The maximum atomic E-state index is 5.87. The fraction of sp³-hybridized carbons (Fsp3) is 0.200. The predicted octanol–water partition coefficient (Wildman–Crippen LogP) is 2.55. The van der Waals surface area contributed by atoms with Gasteiger partial charge in [-0.2, -0.15) is 0 Å². The molecule has 1 heterocycles. The molecular formula is C5H4Cl2IN. The van der Waals surface area contributed by atoms with Crippen LogP contribution in [0.25, 0.3) is 0 Å². The Morgan fingerprint density at radius 3 is 2.67 bits per heavy atom. The van der Waals surface area contributed by atoms with Gasteiger partial charge in [-0.1, -0.05) is 45.8 Å². The summed E-state index contributed by atoms with van der Waals surface area (Å²) in [6, 6.07) is 0. The molecule has 1 rings (SSSR count). The highest BCUT2D eigenvalue weighted by molar-refractivity contribution is 14.1. The minimum atomic E-state index is -0.444. The Bertz CT molecular complexity index is 174. The highest BCUT2D eigenvalue weighted by Crippen LogP contribution is 2.31. The number of hydrogen-bond acceptors (Lipinski definition) is 1. The standard InChI is InChI=1S/C5H4Cl2IN/c6-4-3-5(7,8)1-2-9-4/h1-3,9H. The van der Waals surface area contributed by atoms with Gasteiger partial charge < -0.3 is 5.32 Å². The first-order valence-corrected chi connectivity index (χ1v) is 4.14. The summed E-state index contributed by atoms with van der Waals surface area (Å²) >= 11 is 13.6. The lowest BCUT2D eigenvalue weighted by molar-refractivity contribution is 1.07. The van der Waals surface area contributed by atoms with Crippen molar-refractivity contribution < 1.29 is 0 Å². The summed E-state index contributed by atoms with van der Waals surface area (Å²) in [5.41, 5.74) is 0. The minimum absolute atomic E-state index is 0.444. The largest absolute Gasteiger partial charge is 0.353 e. The van der Waals surface area contributed by atoms with Crippen LogP contribution in [0.15, 0.2) is 23.5 Å². The number of alkyl halides is 2. The monoisotopic (exact) mass is 275 g/mol. The van der Waals surface area contributed by atoms with Crippen molar-refractivity contribution in [3.05, 3.63) is 23.5 Å². The van der Waals surface area contributed by atoms with Gasteiger partial charge >= 0.3 is 0 Å². The normalized spacial score (nSPS) is 33.4. The average molecular weight is 276 g/mol. The number of halogens is 3. The third-order valence-electron chi connectivity index (χ3n) is 0.846. The van der Waals surface area contributed by atoms with E-state index in [1.54, 1.807) is 12.3 Å². The molecule has 0 fully saturated rings. The van der Waals surface area contributed by atoms with Gasteiger partial charge in [-0.25, -0.2) is 0 Å². The lowest BCUT2D eigenvalue weighted by Gasteiger charge is -2.15. The van der Waals surface area contributed by atoms with Crippen molar-refractivity contribution in [2.75, 3.05) is 0 Å². The molecule has 0 bridgehead atoms. The quantitative estimate of drug-likeness (QED) is 0.407. The Labute approximate surface area is 77.2 Å². The highest BCUT2D eigenvalue weighted by atomic mass is 127. The lowest BCUT2D eigenvalue weighted by Crippen LogP contribution is -2.14. The molecule has 1 unspecified atom stereocenters. The lowest BCUT2D eigenvalue weighted by atomic mass is 10.3. The van der Waals surface area contributed by atoms with Crippen molar-refractivity contribution in [3.8, 4) is 0 Å². The molecule has 0 aromatic carbocycles. The molecule has 1 atom stereocenters. The van der Waals surface area contributed by atoms with Crippen LogP contribution < -0.4 is 5.32 Å². The van der Waals surface area contributed by atoms with Gasteiger partial charge in [-0.3, -0.25) is 0 Å². The van der Waals surface area contributed by atoms with Crippen molar-refractivity contribution in [1.29, 1.82) is 0 Å². The fourth-order valence-corrected chi connectivity index (χ4v) is 1.63. The van der Waals surface area contributed by atoms with E-state index in [4.69, 9.17) is 23.2 Å². The van der Waals surface area contributed by atoms with Crippen molar-refractivity contribution in [2.45, 2.75) is 2.88 Å². The van der Waals surface area contributed by atoms with Crippen LogP contribution >= 0.6 is 45.8 Å². The van der Waals surface area contributed by atoms with Gasteiger partial charge in [-0.05, 0) is 12.2 Å². The van der Waals surface area contributed by atoms with Gasteiger partial charge in [0.15, 0.2) is 0 Å². The van der Waals surface area contributed by atoms with E-state index >= 15 is 0 Å². The van der Waals surface area contributed by atoms with Gasteiger partial charge in [0.25, 0.3) is 0 Å². The van der Waals surface area contributed by atoms with Crippen LogP contribution in [0.5, 0.6) is 0 Å². The van der Waals surface area contributed by atoms with E-state index < -0.39 is 2.88 Å². The third kappa shape index (κ3) is 2.35. The van der Waals surface area contributed by atoms with Crippen LogP contribution in [0.3, 0.4) is 0 Å². The zero-order valence-corrected chi connectivity index (χ0v) is 8.04. The summed E-state index contributed by atoms with van der Waals surface area (Å²) in [4.78, 5) is 0. The van der Waals surface area contributed by atoms with Crippen molar-refractivity contribution in [2.24, 2.45) is 0 Å². The van der Waals surface area contributed by atoms with Crippen LogP contribution in [0.1, 0.15) is 0 Å². The molecule has 9 heavy (non-hydrogen) atoms. The van der Waals surface area contributed by atoms with E-state index in [0.29, 0.717) is 5.16 Å². The predicted molar refractivity (Wildman–Crippen MR) is 48.8 cm³/mol. The van der Waals surface area contributed by atoms with Gasteiger partial charge in [0.2, 0.25) is 0 Å². The summed E-state index contributed by atoms with van der Waals surface area (Å²) in [5, 5.41) is 3.37. The molecule has 0 saturated carbocycles. The van der Waals surface area contributed by atoms with E-state index in [2.05, 4.69) is 27.9 Å². The van der Waals surface area contributed by atoms with Crippen LogP contribution in [0.4, 0.5) is 0 Å². The Kier molecular flexibility index (Phi) is 2.29. The van der Waals surface area contributed by atoms with Gasteiger partial charge in [0.05, 0.1) is 0 Å². The molecule has 1 aliphatic heterocycles. The van der Waals surface area contributed by atoms with E-state index in [1.807, 2.05) is 6.08 Å². The third-order valence-corrected chi connectivity index (χ3v) is 1.97. The van der Waals surface area contributed by atoms with Crippen LogP contribution in [0, 0.1) is 0 Å². The van der Waals surface area contributed by atoms with Crippen LogP contribution in [-0.2, 0) is 0 Å². The summed E-state index contributed by atoms with van der Waals surface area (Å²) in [6.45, 7) is 0. The number of dihydropyridines is 1. The molecule has 0 spiro atoms. The van der Waals surface area contributed by atoms with Gasteiger partial charge in [0.1, 0.15) is 8.04 Å². The Balaban J connectivity index is 2.78. The second-order valence-corrected chi connectivity index (χ2v) is 5.10. The molecule has 0 radical (unpaired) electrons. The number of hydrogen-bond donors (Lipinski definition) is 1.